The van der Waals surface area contributed by atoms with E-state index < -0.39 is 0 Å². The van der Waals surface area contributed by atoms with Gasteiger partial charge in [-0.15, -0.1) is 0 Å². The van der Waals surface area contributed by atoms with Crippen LogP contribution in [0.5, 0.6) is 5.75 Å². The van der Waals surface area contributed by atoms with Gasteiger partial charge in [-0.2, -0.15) is 0 Å². The quantitative estimate of drug-likeness (QED) is 0.706. The minimum absolute atomic E-state index is 0.173. The second-order valence-corrected chi connectivity index (χ2v) is 5.36. The third-order valence-electron chi connectivity index (χ3n) is 3.13. The van der Waals surface area contributed by atoms with Gasteiger partial charge >= 0.3 is 0 Å². The Morgan fingerprint density at radius 1 is 1.21 bits per heavy atom. The van der Waals surface area contributed by atoms with E-state index in [4.69, 9.17) is 4.74 Å². The number of benzene rings is 1. The molecule has 0 spiro atoms. The van der Waals surface area contributed by atoms with Crippen LogP contribution in [0.4, 0.5) is 0 Å². The number of ether oxygens (including phenoxy) is 1. The van der Waals surface area contributed by atoms with Gasteiger partial charge in [0.25, 0.3) is 0 Å². The highest BCUT2D eigenvalue weighted by molar-refractivity contribution is 5.37. The molecule has 1 atom stereocenters. The van der Waals surface area contributed by atoms with Gasteiger partial charge in [0.1, 0.15) is 5.75 Å². The van der Waals surface area contributed by atoms with Gasteiger partial charge in [-0.05, 0) is 58.7 Å². The van der Waals surface area contributed by atoms with E-state index in [1.807, 2.05) is 25.1 Å². The first-order valence-corrected chi connectivity index (χ1v) is 7.15. The summed E-state index contributed by atoms with van der Waals surface area (Å²) in [5, 5.41) is 13.3. The summed E-state index contributed by atoms with van der Waals surface area (Å²) in [6.07, 6.45) is 2.47. The van der Waals surface area contributed by atoms with Crippen LogP contribution in [0.3, 0.4) is 0 Å². The second-order valence-electron chi connectivity index (χ2n) is 5.36. The summed E-state index contributed by atoms with van der Waals surface area (Å²) in [5.41, 5.74) is 2.04. The number of phenols is 1. The van der Waals surface area contributed by atoms with Gasteiger partial charge in [0, 0.05) is 18.2 Å². The van der Waals surface area contributed by atoms with Crippen molar-refractivity contribution in [3.8, 4) is 5.75 Å². The van der Waals surface area contributed by atoms with Crippen molar-refractivity contribution in [3.63, 3.8) is 0 Å². The Kier molecular flexibility index (Phi) is 6.89. The standard InChI is InChI=1S/C16H27NO2/c1-12(2)19-10-6-5-9-17-14(4)15-8-7-13(3)11-16(15)18/h7-8,11-12,14,17-18H,5-6,9-10H2,1-4H3. The van der Waals surface area contributed by atoms with Crippen LogP contribution in [-0.2, 0) is 4.74 Å². The van der Waals surface area contributed by atoms with Crippen LogP contribution in [0.2, 0.25) is 0 Å². The number of aromatic hydroxyl groups is 1. The van der Waals surface area contributed by atoms with Crippen LogP contribution in [0, 0.1) is 6.92 Å². The van der Waals surface area contributed by atoms with Gasteiger partial charge in [0.15, 0.2) is 0 Å². The molecule has 1 aromatic rings. The van der Waals surface area contributed by atoms with Gasteiger partial charge in [-0.3, -0.25) is 0 Å². The summed E-state index contributed by atoms with van der Waals surface area (Å²) < 4.78 is 5.50. The lowest BCUT2D eigenvalue weighted by molar-refractivity contribution is 0.0759. The first-order chi connectivity index (χ1) is 9.00. The van der Waals surface area contributed by atoms with Crippen molar-refractivity contribution < 1.29 is 9.84 Å². The molecule has 1 rings (SSSR count). The normalized spacial score (nSPS) is 12.9. The SMILES string of the molecule is Cc1ccc(C(C)NCCCCOC(C)C)c(O)c1. The molecular formula is C16H27NO2. The molecule has 1 unspecified atom stereocenters. The van der Waals surface area contributed by atoms with Crippen LogP contribution in [0.25, 0.3) is 0 Å². The Bertz CT molecular complexity index is 377. The van der Waals surface area contributed by atoms with E-state index in [0.717, 1.165) is 37.1 Å². The van der Waals surface area contributed by atoms with E-state index in [9.17, 15) is 5.11 Å². The van der Waals surface area contributed by atoms with Gasteiger partial charge in [0.2, 0.25) is 0 Å². The van der Waals surface area contributed by atoms with Crippen molar-refractivity contribution in [2.24, 2.45) is 0 Å². The lowest BCUT2D eigenvalue weighted by atomic mass is 10.0. The highest BCUT2D eigenvalue weighted by atomic mass is 16.5. The van der Waals surface area contributed by atoms with E-state index in [2.05, 4.69) is 26.1 Å². The Morgan fingerprint density at radius 3 is 2.58 bits per heavy atom. The maximum absolute atomic E-state index is 9.90. The van der Waals surface area contributed by atoms with Crippen molar-refractivity contribution in [2.75, 3.05) is 13.2 Å². The minimum atomic E-state index is 0.173. The molecule has 0 aliphatic heterocycles. The van der Waals surface area contributed by atoms with Gasteiger partial charge in [-0.25, -0.2) is 0 Å². The highest BCUT2D eigenvalue weighted by Crippen LogP contribution is 2.24. The second kappa shape index (κ2) is 8.18. The first kappa shape index (κ1) is 16.0. The molecule has 0 amide bonds. The molecule has 0 aliphatic carbocycles. The summed E-state index contributed by atoms with van der Waals surface area (Å²) in [6.45, 7) is 9.94. The number of nitrogens with one attached hydrogen (secondary N) is 1. The van der Waals surface area contributed by atoms with E-state index in [1.165, 1.54) is 0 Å². The molecule has 2 N–H and O–H groups in total. The molecule has 3 heteroatoms. The fraction of sp³-hybridized carbons (Fsp3) is 0.625. The maximum atomic E-state index is 9.90. The zero-order valence-electron chi connectivity index (χ0n) is 12.6. The third kappa shape index (κ3) is 6.08. The molecule has 0 fully saturated rings. The Hall–Kier alpha value is -1.06. The molecule has 108 valence electrons. The van der Waals surface area contributed by atoms with Crippen LogP contribution in [0.15, 0.2) is 18.2 Å². The fourth-order valence-corrected chi connectivity index (χ4v) is 1.99. The van der Waals surface area contributed by atoms with Crippen molar-refractivity contribution >= 4 is 0 Å². The Balaban J connectivity index is 2.25. The van der Waals surface area contributed by atoms with Crippen molar-refractivity contribution in [1.29, 1.82) is 0 Å². The summed E-state index contributed by atoms with van der Waals surface area (Å²) >= 11 is 0. The molecule has 0 aliphatic rings. The smallest absolute Gasteiger partial charge is 0.120 e. The lowest BCUT2D eigenvalue weighted by Crippen LogP contribution is -2.20. The molecular weight excluding hydrogens is 238 g/mol. The molecule has 3 nitrogen and oxygen atoms in total. The van der Waals surface area contributed by atoms with Crippen LogP contribution in [0.1, 0.15) is 50.8 Å². The largest absolute Gasteiger partial charge is 0.508 e. The van der Waals surface area contributed by atoms with Crippen LogP contribution in [-0.4, -0.2) is 24.4 Å². The number of unbranched alkanes of at least 4 members (excludes halogenated alkanes) is 1. The van der Waals surface area contributed by atoms with E-state index in [-0.39, 0.29) is 6.04 Å². The molecule has 0 heterocycles. The number of aryl methyl sites for hydroxylation is 1. The molecule has 0 aromatic heterocycles. The zero-order chi connectivity index (χ0) is 14.3. The highest BCUT2D eigenvalue weighted by Gasteiger charge is 2.09. The maximum Gasteiger partial charge on any atom is 0.120 e. The van der Waals surface area contributed by atoms with Gasteiger partial charge in [0.05, 0.1) is 6.10 Å². The molecule has 1 aromatic carbocycles. The Morgan fingerprint density at radius 2 is 1.95 bits per heavy atom. The Labute approximate surface area is 117 Å². The number of rotatable bonds is 8. The third-order valence-corrected chi connectivity index (χ3v) is 3.13. The predicted octanol–water partition coefficient (Wildman–Crippen LogP) is 3.56. The molecule has 0 bridgehead atoms. The summed E-state index contributed by atoms with van der Waals surface area (Å²) in [4.78, 5) is 0. The van der Waals surface area contributed by atoms with Crippen molar-refractivity contribution in [1.82, 2.24) is 5.32 Å². The van der Waals surface area contributed by atoms with E-state index in [0.29, 0.717) is 11.9 Å². The first-order valence-electron chi connectivity index (χ1n) is 7.15. The van der Waals surface area contributed by atoms with Crippen molar-refractivity contribution in [2.45, 2.75) is 52.7 Å². The molecule has 0 radical (unpaired) electrons. The van der Waals surface area contributed by atoms with Gasteiger partial charge in [-0.1, -0.05) is 12.1 Å². The number of hydrogen-bond acceptors (Lipinski definition) is 3. The predicted molar refractivity (Wildman–Crippen MR) is 79.6 cm³/mol. The van der Waals surface area contributed by atoms with Crippen molar-refractivity contribution in [3.05, 3.63) is 29.3 Å². The number of phenolic OH excluding ortho intramolecular Hbond substituents is 1. The molecule has 0 saturated carbocycles. The molecule has 0 saturated heterocycles. The fourth-order valence-electron chi connectivity index (χ4n) is 1.99. The summed E-state index contributed by atoms with van der Waals surface area (Å²) in [5.74, 6) is 0.378. The van der Waals surface area contributed by atoms with Crippen LogP contribution >= 0.6 is 0 Å². The zero-order valence-corrected chi connectivity index (χ0v) is 12.6. The van der Waals surface area contributed by atoms with Crippen LogP contribution < -0.4 is 5.32 Å². The lowest BCUT2D eigenvalue weighted by Gasteiger charge is -2.16. The average molecular weight is 265 g/mol. The monoisotopic (exact) mass is 265 g/mol. The average Bonchev–Trinajstić information content (AvgIpc) is 2.32. The van der Waals surface area contributed by atoms with E-state index in [1.54, 1.807) is 0 Å². The summed E-state index contributed by atoms with van der Waals surface area (Å²) in [6, 6.07) is 6.00. The van der Waals surface area contributed by atoms with Gasteiger partial charge < -0.3 is 15.2 Å². The summed E-state index contributed by atoms with van der Waals surface area (Å²) in [7, 11) is 0. The van der Waals surface area contributed by atoms with E-state index >= 15 is 0 Å². The molecule has 19 heavy (non-hydrogen) atoms. The minimum Gasteiger partial charge on any atom is -0.508 e. The number of hydrogen-bond donors (Lipinski definition) is 2. The topological polar surface area (TPSA) is 41.5 Å².